The molecule has 112 valence electrons. The second-order valence-corrected chi connectivity index (χ2v) is 7.16. The van der Waals surface area contributed by atoms with E-state index in [-0.39, 0.29) is 0 Å². The Morgan fingerprint density at radius 1 is 1.30 bits per heavy atom. The standard InChI is InChI=1S/C17H29N3/c1-14(2)12-18-13-15-6-5-9-19-16(15)20-10-7-17(3,4)8-11-20/h5-6,9,14,18H,7-8,10-13H2,1-4H3. The van der Waals surface area contributed by atoms with Gasteiger partial charge in [0.1, 0.15) is 5.82 Å². The number of hydrogen-bond acceptors (Lipinski definition) is 3. The summed E-state index contributed by atoms with van der Waals surface area (Å²) >= 11 is 0. The number of rotatable bonds is 5. The maximum absolute atomic E-state index is 4.63. The van der Waals surface area contributed by atoms with Crippen molar-refractivity contribution in [2.75, 3.05) is 24.5 Å². The topological polar surface area (TPSA) is 28.2 Å². The highest BCUT2D eigenvalue weighted by Gasteiger charge is 2.26. The number of aromatic nitrogens is 1. The second kappa shape index (κ2) is 6.57. The lowest BCUT2D eigenvalue weighted by molar-refractivity contribution is 0.279. The summed E-state index contributed by atoms with van der Waals surface area (Å²) in [5.74, 6) is 1.87. The van der Waals surface area contributed by atoms with E-state index in [1.807, 2.05) is 12.3 Å². The van der Waals surface area contributed by atoms with Gasteiger partial charge in [-0.2, -0.15) is 0 Å². The zero-order valence-electron chi connectivity index (χ0n) is 13.4. The van der Waals surface area contributed by atoms with E-state index in [4.69, 9.17) is 0 Å². The molecular weight excluding hydrogens is 246 g/mol. The van der Waals surface area contributed by atoms with Crippen LogP contribution in [0.15, 0.2) is 18.3 Å². The van der Waals surface area contributed by atoms with E-state index in [9.17, 15) is 0 Å². The first-order valence-electron chi connectivity index (χ1n) is 7.87. The molecule has 1 aromatic heterocycles. The summed E-state index contributed by atoms with van der Waals surface area (Å²) < 4.78 is 0. The van der Waals surface area contributed by atoms with E-state index < -0.39 is 0 Å². The van der Waals surface area contributed by atoms with Crippen LogP contribution in [0.1, 0.15) is 46.1 Å². The van der Waals surface area contributed by atoms with Crippen LogP contribution in [0.3, 0.4) is 0 Å². The molecule has 0 saturated carbocycles. The van der Waals surface area contributed by atoms with Crippen molar-refractivity contribution in [2.24, 2.45) is 11.3 Å². The first-order valence-corrected chi connectivity index (χ1v) is 7.87. The normalized spacial score (nSPS) is 18.6. The summed E-state index contributed by atoms with van der Waals surface area (Å²) in [7, 11) is 0. The minimum Gasteiger partial charge on any atom is -0.356 e. The number of pyridine rings is 1. The summed E-state index contributed by atoms with van der Waals surface area (Å²) in [6.07, 6.45) is 4.42. The van der Waals surface area contributed by atoms with E-state index in [1.165, 1.54) is 24.2 Å². The highest BCUT2D eigenvalue weighted by molar-refractivity contribution is 5.47. The summed E-state index contributed by atoms with van der Waals surface area (Å²) in [5.41, 5.74) is 1.81. The van der Waals surface area contributed by atoms with E-state index in [1.54, 1.807) is 0 Å². The summed E-state index contributed by atoms with van der Waals surface area (Å²) in [6, 6.07) is 4.25. The van der Waals surface area contributed by atoms with Crippen molar-refractivity contribution in [1.29, 1.82) is 0 Å². The van der Waals surface area contributed by atoms with Crippen LogP contribution < -0.4 is 10.2 Å². The lowest BCUT2D eigenvalue weighted by atomic mass is 9.82. The Balaban J connectivity index is 2.01. The van der Waals surface area contributed by atoms with Crippen LogP contribution in [-0.4, -0.2) is 24.6 Å². The Labute approximate surface area is 123 Å². The Kier molecular flexibility index (Phi) is 5.03. The van der Waals surface area contributed by atoms with Crippen molar-refractivity contribution in [3.63, 3.8) is 0 Å². The molecule has 0 aliphatic carbocycles. The Morgan fingerprint density at radius 2 is 2.00 bits per heavy atom. The van der Waals surface area contributed by atoms with Crippen LogP contribution in [0.4, 0.5) is 5.82 Å². The molecule has 1 N–H and O–H groups in total. The predicted molar refractivity (Wildman–Crippen MR) is 86.0 cm³/mol. The van der Waals surface area contributed by atoms with E-state index in [2.05, 4.69) is 49.0 Å². The lowest BCUT2D eigenvalue weighted by Gasteiger charge is -2.38. The minimum absolute atomic E-state index is 0.487. The molecule has 1 aliphatic rings. The molecule has 20 heavy (non-hydrogen) atoms. The van der Waals surface area contributed by atoms with Crippen molar-refractivity contribution < 1.29 is 0 Å². The maximum Gasteiger partial charge on any atom is 0.133 e. The van der Waals surface area contributed by atoms with Gasteiger partial charge in [0.05, 0.1) is 0 Å². The quantitative estimate of drug-likeness (QED) is 0.892. The van der Waals surface area contributed by atoms with Crippen molar-refractivity contribution in [2.45, 2.75) is 47.1 Å². The summed E-state index contributed by atoms with van der Waals surface area (Å²) in [4.78, 5) is 7.09. The molecule has 0 spiro atoms. The Bertz CT molecular complexity index is 416. The molecule has 1 aromatic rings. The average Bonchev–Trinajstić information content (AvgIpc) is 2.39. The predicted octanol–water partition coefficient (Wildman–Crippen LogP) is 3.45. The van der Waals surface area contributed by atoms with Crippen LogP contribution in [0.25, 0.3) is 0 Å². The van der Waals surface area contributed by atoms with Crippen molar-refractivity contribution in [1.82, 2.24) is 10.3 Å². The van der Waals surface area contributed by atoms with Crippen LogP contribution in [0, 0.1) is 11.3 Å². The lowest BCUT2D eigenvalue weighted by Crippen LogP contribution is -2.38. The fourth-order valence-corrected chi connectivity index (χ4v) is 2.67. The fraction of sp³-hybridized carbons (Fsp3) is 0.706. The van der Waals surface area contributed by atoms with Gasteiger partial charge in [-0.3, -0.25) is 0 Å². The first kappa shape index (κ1) is 15.3. The molecule has 0 bridgehead atoms. The van der Waals surface area contributed by atoms with Crippen LogP contribution >= 0.6 is 0 Å². The third-order valence-electron chi connectivity index (χ3n) is 4.15. The first-order chi connectivity index (χ1) is 9.48. The molecule has 2 heterocycles. The highest BCUT2D eigenvalue weighted by Crippen LogP contribution is 2.32. The third kappa shape index (κ3) is 4.20. The van der Waals surface area contributed by atoms with Crippen LogP contribution in [0.5, 0.6) is 0 Å². The van der Waals surface area contributed by atoms with E-state index in [0.29, 0.717) is 11.3 Å². The summed E-state index contributed by atoms with van der Waals surface area (Å²) in [6.45, 7) is 13.4. The molecule has 2 rings (SSSR count). The van der Waals surface area contributed by atoms with Gasteiger partial charge in [0, 0.05) is 31.4 Å². The molecule has 1 aliphatic heterocycles. The molecule has 1 saturated heterocycles. The Hall–Kier alpha value is -1.09. The van der Waals surface area contributed by atoms with Gasteiger partial charge in [-0.25, -0.2) is 4.98 Å². The van der Waals surface area contributed by atoms with Gasteiger partial charge >= 0.3 is 0 Å². The SMILES string of the molecule is CC(C)CNCc1cccnc1N1CCC(C)(C)CC1. The third-order valence-corrected chi connectivity index (χ3v) is 4.15. The fourth-order valence-electron chi connectivity index (χ4n) is 2.67. The van der Waals surface area contributed by atoms with Crippen LogP contribution in [0.2, 0.25) is 0 Å². The van der Waals surface area contributed by atoms with Gasteiger partial charge in [0.15, 0.2) is 0 Å². The number of nitrogens with one attached hydrogen (secondary N) is 1. The van der Waals surface area contributed by atoms with Crippen molar-refractivity contribution in [3.05, 3.63) is 23.9 Å². The van der Waals surface area contributed by atoms with Crippen LogP contribution in [-0.2, 0) is 6.54 Å². The smallest absolute Gasteiger partial charge is 0.133 e. The zero-order valence-corrected chi connectivity index (χ0v) is 13.4. The average molecular weight is 275 g/mol. The van der Waals surface area contributed by atoms with E-state index in [0.717, 1.165) is 26.2 Å². The molecule has 3 nitrogen and oxygen atoms in total. The highest BCUT2D eigenvalue weighted by atomic mass is 15.2. The molecule has 0 atom stereocenters. The van der Waals surface area contributed by atoms with Gasteiger partial charge in [-0.15, -0.1) is 0 Å². The Morgan fingerprint density at radius 3 is 2.65 bits per heavy atom. The van der Waals surface area contributed by atoms with Gasteiger partial charge in [-0.05, 0) is 36.8 Å². The van der Waals surface area contributed by atoms with Crippen molar-refractivity contribution in [3.8, 4) is 0 Å². The van der Waals surface area contributed by atoms with Gasteiger partial charge in [0.25, 0.3) is 0 Å². The van der Waals surface area contributed by atoms with Gasteiger partial charge in [-0.1, -0.05) is 33.8 Å². The van der Waals surface area contributed by atoms with Crippen molar-refractivity contribution >= 4 is 5.82 Å². The van der Waals surface area contributed by atoms with Gasteiger partial charge < -0.3 is 10.2 Å². The number of hydrogen-bond donors (Lipinski definition) is 1. The largest absolute Gasteiger partial charge is 0.356 e. The minimum atomic E-state index is 0.487. The van der Waals surface area contributed by atoms with E-state index >= 15 is 0 Å². The zero-order chi connectivity index (χ0) is 14.6. The number of piperidine rings is 1. The monoisotopic (exact) mass is 275 g/mol. The molecule has 0 unspecified atom stereocenters. The molecular formula is C17H29N3. The molecule has 0 aromatic carbocycles. The number of anilines is 1. The second-order valence-electron chi connectivity index (χ2n) is 7.16. The molecule has 1 fully saturated rings. The molecule has 0 radical (unpaired) electrons. The molecule has 3 heteroatoms. The summed E-state index contributed by atoms with van der Waals surface area (Å²) in [5, 5.41) is 3.53. The maximum atomic E-state index is 4.63. The number of nitrogens with zero attached hydrogens (tertiary/aromatic N) is 2. The van der Waals surface area contributed by atoms with Gasteiger partial charge in [0.2, 0.25) is 0 Å². The molecule has 0 amide bonds.